The van der Waals surface area contributed by atoms with E-state index in [0.717, 1.165) is 22.4 Å². The number of aliphatic imine (C=N–C) groups is 1. The lowest BCUT2D eigenvalue weighted by molar-refractivity contribution is 0.239. The average Bonchev–Trinajstić information content (AvgIpc) is 2.64. The van der Waals surface area contributed by atoms with E-state index >= 15 is 0 Å². The first-order valence-electron chi connectivity index (χ1n) is 9.91. The molecule has 158 valence electrons. The smallest absolute Gasteiger partial charge is 0.191 e. The molecule has 6 heteroatoms. The maximum absolute atomic E-state index is 14.0. The van der Waals surface area contributed by atoms with Crippen molar-refractivity contribution in [1.82, 2.24) is 15.5 Å². The Morgan fingerprint density at radius 1 is 1.07 bits per heavy atom. The summed E-state index contributed by atoms with van der Waals surface area (Å²) in [6.07, 6.45) is 0.114. The molecule has 0 radical (unpaired) electrons. The lowest BCUT2D eigenvalue weighted by Gasteiger charge is -2.17. The van der Waals surface area contributed by atoms with Gasteiger partial charge in [-0.25, -0.2) is 4.39 Å². The Morgan fingerprint density at radius 3 is 2.45 bits per heavy atom. The fraction of sp³-hybridized carbons (Fsp3) is 0.435. The van der Waals surface area contributed by atoms with Crippen LogP contribution in [0.3, 0.4) is 0 Å². The van der Waals surface area contributed by atoms with Crippen LogP contribution in [0.1, 0.15) is 36.1 Å². The van der Waals surface area contributed by atoms with Crippen molar-refractivity contribution >= 4 is 5.96 Å². The van der Waals surface area contributed by atoms with Crippen LogP contribution in [0, 0.1) is 12.7 Å². The fourth-order valence-corrected chi connectivity index (χ4v) is 2.96. The summed E-state index contributed by atoms with van der Waals surface area (Å²) in [5.74, 6) is 1.39. The molecule has 0 fully saturated rings. The molecule has 0 amide bonds. The molecule has 0 aromatic heterocycles. The lowest BCUT2D eigenvalue weighted by atomic mass is 10.1. The van der Waals surface area contributed by atoms with Gasteiger partial charge in [0.25, 0.3) is 0 Å². The molecular weight excluding hydrogens is 367 g/mol. The third-order valence-corrected chi connectivity index (χ3v) is 4.31. The molecule has 0 atom stereocenters. The molecule has 0 unspecified atom stereocenters. The van der Waals surface area contributed by atoms with Crippen molar-refractivity contribution in [1.29, 1.82) is 0 Å². The van der Waals surface area contributed by atoms with Crippen LogP contribution < -0.4 is 15.4 Å². The molecule has 0 saturated heterocycles. The molecule has 2 aromatic rings. The van der Waals surface area contributed by atoms with Crippen molar-refractivity contribution in [2.24, 2.45) is 4.99 Å². The van der Waals surface area contributed by atoms with Crippen LogP contribution in [0.2, 0.25) is 0 Å². The molecule has 2 rings (SSSR count). The average molecular weight is 401 g/mol. The summed E-state index contributed by atoms with van der Waals surface area (Å²) < 4.78 is 19.9. The van der Waals surface area contributed by atoms with Gasteiger partial charge in [-0.2, -0.15) is 0 Å². The zero-order chi connectivity index (χ0) is 21.4. The van der Waals surface area contributed by atoms with Crippen molar-refractivity contribution in [2.75, 3.05) is 21.1 Å². The summed E-state index contributed by atoms with van der Waals surface area (Å²) in [5, 5.41) is 6.61. The van der Waals surface area contributed by atoms with Gasteiger partial charge in [0.15, 0.2) is 5.96 Å². The number of halogens is 1. The highest BCUT2D eigenvalue weighted by Crippen LogP contribution is 2.21. The highest BCUT2D eigenvalue weighted by molar-refractivity contribution is 5.79. The predicted molar refractivity (Wildman–Crippen MR) is 118 cm³/mol. The number of nitrogens with one attached hydrogen (secondary N) is 2. The third-order valence-electron chi connectivity index (χ3n) is 4.31. The maximum atomic E-state index is 14.0. The largest absolute Gasteiger partial charge is 0.491 e. The zero-order valence-electron chi connectivity index (χ0n) is 18.3. The Balaban J connectivity index is 1.99. The Bertz CT molecular complexity index is 834. The second-order valence-corrected chi connectivity index (χ2v) is 7.72. The van der Waals surface area contributed by atoms with Crippen LogP contribution in [0.15, 0.2) is 41.4 Å². The second-order valence-electron chi connectivity index (χ2n) is 7.72. The number of hydrogen-bond acceptors (Lipinski definition) is 3. The van der Waals surface area contributed by atoms with E-state index in [1.165, 1.54) is 6.07 Å². The van der Waals surface area contributed by atoms with E-state index in [-0.39, 0.29) is 11.9 Å². The minimum atomic E-state index is -0.179. The molecule has 0 spiro atoms. The van der Waals surface area contributed by atoms with Crippen LogP contribution in [0.5, 0.6) is 5.75 Å². The summed E-state index contributed by atoms with van der Waals surface area (Å²) >= 11 is 0. The number of rotatable bonds is 8. The van der Waals surface area contributed by atoms with Gasteiger partial charge in [0.1, 0.15) is 11.6 Å². The number of aryl methyl sites for hydroxylation is 1. The van der Waals surface area contributed by atoms with Gasteiger partial charge in [-0.1, -0.05) is 18.2 Å². The Hall–Kier alpha value is -2.60. The molecular formula is C23H33FN4O. The zero-order valence-corrected chi connectivity index (χ0v) is 18.3. The van der Waals surface area contributed by atoms with Crippen LogP contribution in [-0.4, -0.2) is 38.1 Å². The molecule has 0 aliphatic rings. The van der Waals surface area contributed by atoms with E-state index in [9.17, 15) is 4.39 Å². The predicted octanol–water partition coefficient (Wildman–Crippen LogP) is 3.85. The standard InChI is InChI=1S/C23H33FN4O/c1-16(2)29-22-11-17(3)7-9-19(22)14-27-23(25-4)26-13-18-8-10-21(24)20(12-18)15-28(5)6/h7-12,16H,13-15H2,1-6H3,(H2,25,26,27). The van der Waals surface area contributed by atoms with Gasteiger partial charge in [-0.15, -0.1) is 0 Å². The second kappa shape index (κ2) is 10.8. The number of hydrogen-bond donors (Lipinski definition) is 2. The van der Waals surface area contributed by atoms with Crippen LogP contribution >= 0.6 is 0 Å². The first-order valence-corrected chi connectivity index (χ1v) is 9.91. The van der Waals surface area contributed by atoms with Crippen molar-refractivity contribution in [3.8, 4) is 5.75 Å². The minimum Gasteiger partial charge on any atom is -0.491 e. The van der Waals surface area contributed by atoms with Gasteiger partial charge in [0, 0.05) is 37.8 Å². The quantitative estimate of drug-likeness (QED) is 0.522. The number of ether oxygens (including phenoxy) is 1. The first kappa shape index (κ1) is 22.7. The van der Waals surface area contributed by atoms with Gasteiger partial charge in [-0.05, 0) is 64.2 Å². The lowest BCUT2D eigenvalue weighted by Crippen LogP contribution is -2.36. The minimum absolute atomic E-state index is 0.114. The topological polar surface area (TPSA) is 48.9 Å². The Morgan fingerprint density at radius 2 is 1.79 bits per heavy atom. The highest BCUT2D eigenvalue weighted by atomic mass is 19.1. The van der Waals surface area contributed by atoms with Crippen LogP contribution in [0.4, 0.5) is 4.39 Å². The number of nitrogens with zero attached hydrogens (tertiary/aromatic N) is 2. The first-order chi connectivity index (χ1) is 13.8. The van der Waals surface area contributed by atoms with Gasteiger partial charge in [0.2, 0.25) is 0 Å². The third kappa shape index (κ3) is 7.38. The molecule has 0 saturated carbocycles. The van der Waals surface area contributed by atoms with E-state index in [4.69, 9.17) is 4.74 Å². The summed E-state index contributed by atoms with van der Waals surface area (Å²) in [6, 6.07) is 11.4. The molecule has 0 heterocycles. The van der Waals surface area contributed by atoms with Gasteiger partial charge in [-0.3, -0.25) is 4.99 Å². The summed E-state index contributed by atoms with van der Waals surface area (Å²) in [7, 11) is 5.59. The normalized spacial score (nSPS) is 11.8. The summed E-state index contributed by atoms with van der Waals surface area (Å²) in [5.41, 5.74) is 3.93. The number of benzene rings is 2. The van der Waals surface area contributed by atoms with Gasteiger partial charge >= 0.3 is 0 Å². The molecule has 2 aromatic carbocycles. The molecule has 29 heavy (non-hydrogen) atoms. The maximum Gasteiger partial charge on any atom is 0.191 e. The Labute approximate surface area is 174 Å². The van der Waals surface area contributed by atoms with E-state index in [2.05, 4.69) is 40.7 Å². The van der Waals surface area contributed by atoms with E-state index < -0.39 is 0 Å². The van der Waals surface area contributed by atoms with E-state index in [0.29, 0.717) is 31.2 Å². The van der Waals surface area contributed by atoms with Crippen LogP contribution in [0.25, 0.3) is 0 Å². The van der Waals surface area contributed by atoms with Gasteiger partial charge in [0.05, 0.1) is 6.10 Å². The highest BCUT2D eigenvalue weighted by Gasteiger charge is 2.09. The SMILES string of the molecule is CN=C(NCc1ccc(F)c(CN(C)C)c1)NCc1ccc(C)cc1OC(C)C. The van der Waals surface area contributed by atoms with Crippen molar-refractivity contribution in [3.05, 3.63) is 64.5 Å². The summed E-state index contributed by atoms with van der Waals surface area (Å²) in [4.78, 5) is 6.24. The summed E-state index contributed by atoms with van der Waals surface area (Å²) in [6.45, 7) is 7.82. The van der Waals surface area contributed by atoms with Crippen LogP contribution in [-0.2, 0) is 19.6 Å². The molecule has 2 N–H and O–H groups in total. The molecule has 0 bridgehead atoms. The molecule has 5 nitrogen and oxygen atoms in total. The van der Waals surface area contributed by atoms with Gasteiger partial charge < -0.3 is 20.3 Å². The van der Waals surface area contributed by atoms with E-state index in [1.54, 1.807) is 13.1 Å². The monoisotopic (exact) mass is 400 g/mol. The van der Waals surface area contributed by atoms with Crippen molar-refractivity contribution < 1.29 is 9.13 Å². The van der Waals surface area contributed by atoms with Crippen molar-refractivity contribution in [3.63, 3.8) is 0 Å². The Kier molecular flexibility index (Phi) is 8.46. The van der Waals surface area contributed by atoms with Crippen molar-refractivity contribution in [2.45, 2.75) is 46.5 Å². The molecule has 0 aliphatic carbocycles. The number of guanidine groups is 1. The van der Waals surface area contributed by atoms with E-state index in [1.807, 2.05) is 38.9 Å². The molecule has 0 aliphatic heterocycles. The fourth-order valence-electron chi connectivity index (χ4n) is 2.96.